The monoisotopic (exact) mass is 270 g/mol. The highest BCUT2D eigenvalue weighted by molar-refractivity contribution is 4.84. The van der Waals surface area contributed by atoms with Gasteiger partial charge < -0.3 is 15.3 Å². The predicted molar refractivity (Wildman–Crippen MR) is 82.5 cm³/mol. The number of hydrogen-bond acceptors (Lipinski definition) is 3. The van der Waals surface area contributed by atoms with Crippen LogP contribution in [0.3, 0.4) is 0 Å². The van der Waals surface area contributed by atoms with Gasteiger partial charge in [0.15, 0.2) is 0 Å². The fourth-order valence-corrected chi connectivity index (χ4v) is 3.08. The lowest BCUT2D eigenvalue weighted by Crippen LogP contribution is -2.45. The molecule has 19 heavy (non-hydrogen) atoms. The minimum absolute atomic E-state index is 0.285. The van der Waals surface area contributed by atoms with Gasteiger partial charge >= 0.3 is 0 Å². The average Bonchev–Trinajstić information content (AvgIpc) is 2.36. The zero-order chi connectivity index (χ0) is 14.3. The van der Waals surface area contributed by atoms with Crippen molar-refractivity contribution in [2.75, 3.05) is 26.7 Å². The van der Waals surface area contributed by atoms with Gasteiger partial charge in [-0.3, -0.25) is 0 Å². The summed E-state index contributed by atoms with van der Waals surface area (Å²) in [5.74, 6) is 0. The molecular weight excluding hydrogens is 236 g/mol. The van der Waals surface area contributed by atoms with E-state index in [9.17, 15) is 0 Å². The van der Waals surface area contributed by atoms with Crippen molar-refractivity contribution >= 4 is 0 Å². The van der Waals surface area contributed by atoms with Crippen LogP contribution in [-0.2, 0) is 0 Å². The van der Waals surface area contributed by atoms with E-state index in [1.165, 1.54) is 25.7 Å². The van der Waals surface area contributed by atoms with Crippen LogP contribution in [0.15, 0.2) is 0 Å². The summed E-state index contributed by atoms with van der Waals surface area (Å²) in [6.07, 6.45) is 7.35. The largest absolute Gasteiger partial charge is 0.396 e. The van der Waals surface area contributed by atoms with Crippen LogP contribution in [0.5, 0.6) is 0 Å². The van der Waals surface area contributed by atoms with Gasteiger partial charge in [-0.25, -0.2) is 0 Å². The highest BCUT2D eigenvalue weighted by atomic mass is 16.3. The van der Waals surface area contributed by atoms with E-state index in [4.69, 9.17) is 5.11 Å². The zero-order valence-electron chi connectivity index (χ0n) is 13.4. The van der Waals surface area contributed by atoms with Crippen molar-refractivity contribution in [3.8, 4) is 0 Å². The molecule has 0 aromatic heterocycles. The van der Waals surface area contributed by atoms with E-state index >= 15 is 0 Å². The summed E-state index contributed by atoms with van der Waals surface area (Å²) in [6.45, 7) is 9.37. The third kappa shape index (κ3) is 6.24. The maximum absolute atomic E-state index is 9.17. The standard InChI is InChI=1S/C16H34N2O/c1-5-11-17-14(8-12-19)13-18(4)15-6-9-16(2,3)10-7-15/h14-15,17,19H,5-13H2,1-4H3. The highest BCUT2D eigenvalue weighted by Crippen LogP contribution is 2.36. The first-order valence-corrected chi connectivity index (χ1v) is 8.03. The molecule has 1 aliphatic carbocycles. The molecule has 0 spiro atoms. The Morgan fingerprint density at radius 2 is 1.95 bits per heavy atom. The molecule has 0 aromatic rings. The lowest BCUT2D eigenvalue weighted by atomic mass is 9.75. The van der Waals surface area contributed by atoms with Crippen LogP contribution in [0.4, 0.5) is 0 Å². The Bertz CT molecular complexity index is 233. The van der Waals surface area contributed by atoms with Crippen molar-refractivity contribution in [3.05, 3.63) is 0 Å². The van der Waals surface area contributed by atoms with Crippen molar-refractivity contribution in [1.82, 2.24) is 10.2 Å². The molecule has 1 unspecified atom stereocenters. The first-order chi connectivity index (χ1) is 8.98. The molecule has 0 aromatic carbocycles. The summed E-state index contributed by atoms with van der Waals surface area (Å²) >= 11 is 0. The molecule has 1 fully saturated rings. The second kappa shape index (κ2) is 8.23. The van der Waals surface area contributed by atoms with Gasteiger partial charge in [0.2, 0.25) is 0 Å². The summed E-state index contributed by atoms with van der Waals surface area (Å²) in [7, 11) is 2.25. The van der Waals surface area contributed by atoms with E-state index in [0.717, 1.165) is 32.0 Å². The minimum Gasteiger partial charge on any atom is -0.396 e. The van der Waals surface area contributed by atoms with E-state index in [2.05, 4.69) is 38.0 Å². The van der Waals surface area contributed by atoms with E-state index in [1.54, 1.807) is 0 Å². The van der Waals surface area contributed by atoms with Crippen LogP contribution in [0.2, 0.25) is 0 Å². The van der Waals surface area contributed by atoms with Crippen molar-refractivity contribution in [2.45, 2.75) is 71.4 Å². The number of likely N-dealkylation sites (N-methyl/N-ethyl adjacent to an activating group) is 1. The number of rotatable bonds is 8. The molecule has 0 bridgehead atoms. The van der Waals surface area contributed by atoms with E-state index in [-0.39, 0.29) is 6.61 Å². The maximum atomic E-state index is 9.17. The molecule has 0 aliphatic heterocycles. The van der Waals surface area contributed by atoms with Gasteiger partial charge in [-0.15, -0.1) is 0 Å². The minimum atomic E-state index is 0.285. The number of aliphatic hydroxyl groups excluding tert-OH is 1. The quantitative estimate of drug-likeness (QED) is 0.712. The molecular formula is C16H34N2O. The van der Waals surface area contributed by atoms with E-state index < -0.39 is 0 Å². The average molecular weight is 270 g/mol. The normalized spacial score (nSPS) is 21.8. The van der Waals surface area contributed by atoms with Crippen molar-refractivity contribution in [1.29, 1.82) is 0 Å². The SMILES string of the molecule is CCCNC(CCO)CN(C)C1CCC(C)(C)CC1. The molecule has 2 N–H and O–H groups in total. The molecule has 1 aliphatic rings. The van der Waals surface area contributed by atoms with Crippen molar-refractivity contribution in [3.63, 3.8) is 0 Å². The Kier molecular flexibility index (Phi) is 7.33. The third-order valence-electron chi connectivity index (χ3n) is 4.60. The van der Waals surface area contributed by atoms with Gasteiger partial charge in [0.1, 0.15) is 0 Å². The van der Waals surface area contributed by atoms with Gasteiger partial charge in [0, 0.05) is 25.2 Å². The lowest BCUT2D eigenvalue weighted by Gasteiger charge is -2.39. The summed E-state index contributed by atoms with van der Waals surface area (Å²) < 4.78 is 0. The molecule has 3 heteroatoms. The Hall–Kier alpha value is -0.120. The lowest BCUT2D eigenvalue weighted by molar-refractivity contribution is 0.115. The summed E-state index contributed by atoms with van der Waals surface area (Å²) in [6, 6.07) is 1.17. The van der Waals surface area contributed by atoms with Gasteiger partial charge in [-0.1, -0.05) is 20.8 Å². The van der Waals surface area contributed by atoms with E-state index in [0.29, 0.717) is 11.5 Å². The topological polar surface area (TPSA) is 35.5 Å². The maximum Gasteiger partial charge on any atom is 0.0446 e. The van der Waals surface area contributed by atoms with Crippen LogP contribution in [0.25, 0.3) is 0 Å². The molecule has 3 nitrogen and oxygen atoms in total. The second-order valence-corrected chi connectivity index (χ2v) is 7.00. The predicted octanol–water partition coefficient (Wildman–Crippen LogP) is 2.64. The molecule has 0 saturated heterocycles. The fraction of sp³-hybridized carbons (Fsp3) is 1.00. The number of aliphatic hydroxyl groups is 1. The first-order valence-electron chi connectivity index (χ1n) is 8.03. The Balaban J connectivity index is 2.36. The highest BCUT2D eigenvalue weighted by Gasteiger charge is 2.29. The fourth-order valence-electron chi connectivity index (χ4n) is 3.08. The smallest absolute Gasteiger partial charge is 0.0446 e. The van der Waals surface area contributed by atoms with Gasteiger partial charge in [-0.2, -0.15) is 0 Å². The Labute approximate surface area is 119 Å². The van der Waals surface area contributed by atoms with Gasteiger partial charge in [0.05, 0.1) is 0 Å². The van der Waals surface area contributed by atoms with Crippen LogP contribution in [0.1, 0.15) is 59.3 Å². The zero-order valence-corrected chi connectivity index (χ0v) is 13.4. The molecule has 1 saturated carbocycles. The first kappa shape index (κ1) is 16.9. The van der Waals surface area contributed by atoms with Crippen LogP contribution in [-0.4, -0.2) is 48.8 Å². The summed E-state index contributed by atoms with van der Waals surface area (Å²) in [5.41, 5.74) is 0.544. The number of nitrogens with one attached hydrogen (secondary N) is 1. The molecule has 114 valence electrons. The summed E-state index contributed by atoms with van der Waals surface area (Å²) in [4.78, 5) is 2.51. The number of hydrogen-bond donors (Lipinski definition) is 2. The third-order valence-corrected chi connectivity index (χ3v) is 4.60. The van der Waals surface area contributed by atoms with Crippen molar-refractivity contribution in [2.24, 2.45) is 5.41 Å². The molecule has 0 radical (unpaired) electrons. The van der Waals surface area contributed by atoms with Crippen molar-refractivity contribution < 1.29 is 5.11 Å². The van der Waals surface area contributed by atoms with Crippen LogP contribution < -0.4 is 5.32 Å². The Morgan fingerprint density at radius 1 is 1.32 bits per heavy atom. The Morgan fingerprint density at radius 3 is 2.47 bits per heavy atom. The second-order valence-electron chi connectivity index (χ2n) is 7.00. The van der Waals surface area contributed by atoms with E-state index in [1.807, 2.05) is 0 Å². The summed E-state index contributed by atoms with van der Waals surface area (Å²) in [5, 5.41) is 12.7. The molecule has 0 heterocycles. The van der Waals surface area contributed by atoms with Gasteiger partial charge in [-0.05, 0) is 57.5 Å². The molecule has 0 amide bonds. The molecule has 1 atom stereocenters. The molecule has 1 rings (SSSR count). The number of nitrogens with zero attached hydrogens (tertiary/aromatic N) is 1. The van der Waals surface area contributed by atoms with Crippen LogP contribution >= 0.6 is 0 Å². The van der Waals surface area contributed by atoms with Gasteiger partial charge in [0.25, 0.3) is 0 Å². The van der Waals surface area contributed by atoms with Crippen LogP contribution in [0, 0.1) is 5.41 Å².